The van der Waals surface area contributed by atoms with E-state index in [0.717, 1.165) is 18.5 Å². The van der Waals surface area contributed by atoms with E-state index in [9.17, 15) is 21.6 Å². The lowest BCUT2D eigenvalue weighted by molar-refractivity contribution is 0.304. The van der Waals surface area contributed by atoms with E-state index < -0.39 is 21.5 Å². The predicted molar refractivity (Wildman–Crippen MR) is 126 cm³/mol. The van der Waals surface area contributed by atoms with Crippen LogP contribution in [-0.4, -0.2) is 24.6 Å². The Hall–Kier alpha value is -3.92. The third-order valence-electron chi connectivity index (χ3n) is 4.87. The van der Waals surface area contributed by atoms with Crippen molar-refractivity contribution in [2.45, 2.75) is 12.4 Å². The standard InChI is InChI=1S/C25H20F3N3O3S/c1-35(32,33)15-17-3-2-4-19(11-17)30-25-29-13-23(28)24(31-25)21-10-9-20(12-22(21)27)34-14-16-5-7-18(26)8-6-16/h2-13H,14-15H2,1H3,(H,29,30,31). The molecule has 1 aromatic heterocycles. The van der Waals surface area contributed by atoms with E-state index in [4.69, 9.17) is 4.74 Å². The molecule has 6 nitrogen and oxygen atoms in total. The summed E-state index contributed by atoms with van der Waals surface area (Å²) >= 11 is 0. The molecule has 35 heavy (non-hydrogen) atoms. The van der Waals surface area contributed by atoms with E-state index in [1.807, 2.05) is 0 Å². The molecule has 1 N–H and O–H groups in total. The van der Waals surface area contributed by atoms with Gasteiger partial charge < -0.3 is 10.1 Å². The predicted octanol–water partition coefficient (Wildman–Crippen LogP) is 5.43. The molecule has 0 aliphatic rings. The Morgan fingerprint density at radius 3 is 2.40 bits per heavy atom. The van der Waals surface area contributed by atoms with Crippen LogP contribution >= 0.6 is 0 Å². The van der Waals surface area contributed by atoms with Gasteiger partial charge in [0.05, 0.1) is 11.9 Å². The lowest BCUT2D eigenvalue weighted by Crippen LogP contribution is -2.03. The first-order chi connectivity index (χ1) is 16.7. The van der Waals surface area contributed by atoms with E-state index in [0.29, 0.717) is 16.8 Å². The van der Waals surface area contributed by atoms with Crippen molar-refractivity contribution in [1.82, 2.24) is 9.97 Å². The van der Waals surface area contributed by atoms with E-state index in [2.05, 4.69) is 15.3 Å². The molecule has 0 saturated carbocycles. The van der Waals surface area contributed by atoms with Gasteiger partial charge in [0, 0.05) is 23.6 Å². The Morgan fingerprint density at radius 2 is 1.69 bits per heavy atom. The fraction of sp³-hybridized carbons (Fsp3) is 0.120. The zero-order valence-electron chi connectivity index (χ0n) is 18.5. The lowest BCUT2D eigenvalue weighted by atomic mass is 10.1. The Labute approximate surface area is 200 Å². The first kappa shape index (κ1) is 24.2. The average molecular weight is 500 g/mol. The molecule has 0 amide bonds. The minimum absolute atomic E-state index is 0.00828. The Balaban J connectivity index is 1.52. The number of rotatable bonds is 8. The number of nitrogens with zero attached hydrogens (tertiary/aromatic N) is 2. The highest BCUT2D eigenvalue weighted by molar-refractivity contribution is 7.89. The molecule has 0 aliphatic carbocycles. The van der Waals surface area contributed by atoms with Gasteiger partial charge in [-0.15, -0.1) is 0 Å². The molecular weight excluding hydrogens is 479 g/mol. The quantitative estimate of drug-likeness (QED) is 0.348. The molecule has 0 atom stereocenters. The van der Waals surface area contributed by atoms with Crippen LogP contribution in [0.2, 0.25) is 0 Å². The second-order valence-electron chi connectivity index (χ2n) is 7.84. The summed E-state index contributed by atoms with van der Waals surface area (Å²) in [6.07, 6.45) is 2.06. The van der Waals surface area contributed by atoms with Crippen LogP contribution < -0.4 is 10.1 Å². The summed E-state index contributed by atoms with van der Waals surface area (Å²) in [5, 5.41) is 2.88. The molecule has 4 rings (SSSR count). The Morgan fingerprint density at radius 1 is 0.914 bits per heavy atom. The number of anilines is 2. The third-order valence-corrected chi connectivity index (χ3v) is 5.73. The summed E-state index contributed by atoms with van der Waals surface area (Å²) < 4.78 is 70.9. The molecule has 0 spiro atoms. The number of aromatic nitrogens is 2. The van der Waals surface area contributed by atoms with Crippen LogP contribution in [0.1, 0.15) is 11.1 Å². The largest absolute Gasteiger partial charge is 0.489 e. The van der Waals surface area contributed by atoms with Crippen molar-refractivity contribution in [1.29, 1.82) is 0 Å². The van der Waals surface area contributed by atoms with Crippen LogP contribution in [0.3, 0.4) is 0 Å². The topological polar surface area (TPSA) is 81.2 Å². The monoisotopic (exact) mass is 499 g/mol. The number of hydrogen-bond acceptors (Lipinski definition) is 6. The summed E-state index contributed by atoms with van der Waals surface area (Å²) in [6, 6.07) is 16.3. The minimum atomic E-state index is -3.22. The number of sulfone groups is 1. The fourth-order valence-electron chi connectivity index (χ4n) is 3.31. The van der Waals surface area contributed by atoms with E-state index in [-0.39, 0.29) is 41.1 Å². The van der Waals surface area contributed by atoms with Gasteiger partial charge in [0.25, 0.3) is 0 Å². The van der Waals surface area contributed by atoms with Crippen LogP contribution in [0.15, 0.2) is 72.9 Å². The SMILES string of the molecule is CS(=O)(=O)Cc1cccc(Nc2ncc(F)c(-c3ccc(OCc4ccc(F)cc4)cc3F)n2)c1. The number of benzene rings is 3. The first-order valence-electron chi connectivity index (χ1n) is 10.4. The molecule has 0 aliphatic heterocycles. The van der Waals surface area contributed by atoms with Gasteiger partial charge in [-0.1, -0.05) is 24.3 Å². The van der Waals surface area contributed by atoms with Crippen molar-refractivity contribution >= 4 is 21.5 Å². The molecule has 0 radical (unpaired) electrons. The van der Waals surface area contributed by atoms with Gasteiger partial charge in [-0.05, 0) is 47.5 Å². The number of nitrogens with one attached hydrogen (secondary N) is 1. The van der Waals surface area contributed by atoms with Gasteiger partial charge in [-0.2, -0.15) is 0 Å². The summed E-state index contributed by atoms with van der Waals surface area (Å²) in [7, 11) is -3.22. The van der Waals surface area contributed by atoms with Gasteiger partial charge in [0.15, 0.2) is 15.7 Å². The summed E-state index contributed by atoms with van der Waals surface area (Å²) in [4.78, 5) is 7.99. The van der Waals surface area contributed by atoms with Gasteiger partial charge in [-0.25, -0.2) is 31.6 Å². The Bertz CT molecular complexity index is 1460. The number of ether oxygens (including phenoxy) is 1. The second-order valence-corrected chi connectivity index (χ2v) is 9.98. The van der Waals surface area contributed by atoms with Crippen LogP contribution in [0, 0.1) is 17.5 Å². The van der Waals surface area contributed by atoms with Gasteiger partial charge >= 0.3 is 0 Å². The maximum atomic E-state index is 14.8. The van der Waals surface area contributed by atoms with Crippen molar-refractivity contribution in [2.24, 2.45) is 0 Å². The zero-order valence-corrected chi connectivity index (χ0v) is 19.3. The molecule has 3 aromatic carbocycles. The molecule has 0 fully saturated rings. The van der Waals surface area contributed by atoms with Crippen LogP contribution in [0.25, 0.3) is 11.3 Å². The maximum Gasteiger partial charge on any atom is 0.227 e. The Kier molecular flexibility index (Phi) is 7.02. The first-order valence-corrected chi connectivity index (χ1v) is 12.5. The fourth-order valence-corrected chi connectivity index (χ4v) is 4.10. The highest BCUT2D eigenvalue weighted by Crippen LogP contribution is 2.28. The maximum absolute atomic E-state index is 14.8. The average Bonchev–Trinajstić information content (AvgIpc) is 2.79. The molecular formula is C25H20F3N3O3S. The van der Waals surface area contributed by atoms with Crippen LogP contribution in [0.5, 0.6) is 5.75 Å². The summed E-state index contributed by atoms with van der Waals surface area (Å²) in [5.41, 5.74) is 1.41. The van der Waals surface area contributed by atoms with Gasteiger partial charge in [0.2, 0.25) is 5.95 Å². The molecule has 1 heterocycles. The molecule has 0 unspecified atom stereocenters. The second kappa shape index (κ2) is 10.1. The van der Waals surface area contributed by atoms with Gasteiger partial charge in [-0.3, -0.25) is 0 Å². The van der Waals surface area contributed by atoms with E-state index >= 15 is 0 Å². The van der Waals surface area contributed by atoms with E-state index in [1.54, 1.807) is 36.4 Å². The summed E-state index contributed by atoms with van der Waals surface area (Å²) in [5.74, 6) is -1.86. The van der Waals surface area contributed by atoms with Crippen LogP contribution in [0.4, 0.5) is 24.8 Å². The molecule has 0 saturated heterocycles. The molecule has 180 valence electrons. The molecule has 4 aromatic rings. The number of halogens is 3. The van der Waals surface area contributed by atoms with Crippen molar-refractivity contribution < 1.29 is 26.3 Å². The third kappa shape index (κ3) is 6.57. The summed E-state index contributed by atoms with van der Waals surface area (Å²) in [6.45, 7) is 0.105. The van der Waals surface area contributed by atoms with Crippen molar-refractivity contribution in [2.75, 3.05) is 11.6 Å². The highest BCUT2D eigenvalue weighted by atomic mass is 32.2. The van der Waals surface area contributed by atoms with E-state index in [1.165, 1.54) is 24.3 Å². The zero-order chi connectivity index (χ0) is 25.0. The molecule has 10 heteroatoms. The number of hydrogen-bond donors (Lipinski definition) is 1. The van der Waals surface area contributed by atoms with Crippen molar-refractivity contribution in [3.63, 3.8) is 0 Å². The highest BCUT2D eigenvalue weighted by Gasteiger charge is 2.15. The van der Waals surface area contributed by atoms with Crippen molar-refractivity contribution in [3.05, 3.63) is 102 Å². The molecule has 0 bridgehead atoms. The lowest BCUT2D eigenvalue weighted by Gasteiger charge is -2.11. The van der Waals surface area contributed by atoms with Crippen LogP contribution in [-0.2, 0) is 22.2 Å². The van der Waals surface area contributed by atoms with Gasteiger partial charge in [0.1, 0.15) is 29.7 Å². The minimum Gasteiger partial charge on any atom is -0.489 e. The van der Waals surface area contributed by atoms with Crippen molar-refractivity contribution in [3.8, 4) is 17.0 Å². The normalized spacial score (nSPS) is 11.3. The smallest absolute Gasteiger partial charge is 0.227 e.